The molecule has 3 rings (SSSR count). The summed E-state index contributed by atoms with van der Waals surface area (Å²) >= 11 is 6.07. The second-order valence-corrected chi connectivity index (χ2v) is 6.59. The standard InChI is InChI=1S/C20H22ClNO3/c1-14-5-2-3-6-18(14)24-11-4-7-20(23)22-17-10-12-25-19-9-8-15(21)13-16(17)19/h2-3,5-6,8-9,13,17H,4,7,10-12H2,1H3,(H,22,23). The van der Waals surface area contributed by atoms with Crippen LogP contribution >= 0.6 is 11.6 Å². The SMILES string of the molecule is Cc1ccccc1OCCCC(=O)NC1CCOc2ccc(Cl)cc21. The third-order valence-electron chi connectivity index (χ3n) is 4.25. The number of fused-ring (bicyclic) bond motifs is 1. The predicted molar refractivity (Wildman–Crippen MR) is 98.4 cm³/mol. The second kappa shape index (κ2) is 8.26. The van der Waals surface area contributed by atoms with E-state index in [9.17, 15) is 4.79 Å². The zero-order valence-electron chi connectivity index (χ0n) is 14.3. The molecule has 132 valence electrons. The molecule has 1 unspecified atom stereocenters. The van der Waals surface area contributed by atoms with Crippen LogP contribution in [-0.2, 0) is 4.79 Å². The smallest absolute Gasteiger partial charge is 0.220 e. The van der Waals surface area contributed by atoms with Crippen molar-refractivity contribution in [1.82, 2.24) is 5.32 Å². The van der Waals surface area contributed by atoms with Crippen LogP contribution in [0, 0.1) is 6.92 Å². The van der Waals surface area contributed by atoms with Gasteiger partial charge >= 0.3 is 0 Å². The number of aryl methyl sites for hydroxylation is 1. The number of carbonyl (C=O) groups excluding carboxylic acids is 1. The van der Waals surface area contributed by atoms with Gasteiger partial charge in [0, 0.05) is 23.4 Å². The molecule has 0 spiro atoms. The van der Waals surface area contributed by atoms with Crippen LogP contribution in [0.2, 0.25) is 5.02 Å². The van der Waals surface area contributed by atoms with Gasteiger partial charge < -0.3 is 14.8 Å². The minimum absolute atomic E-state index is 0.0196. The molecule has 0 aliphatic carbocycles. The van der Waals surface area contributed by atoms with E-state index in [1.807, 2.05) is 43.3 Å². The summed E-state index contributed by atoms with van der Waals surface area (Å²) in [5.41, 5.74) is 2.05. The Morgan fingerprint density at radius 3 is 3.00 bits per heavy atom. The number of rotatable bonds is 6. The first-order chi connectivity index (χ1) is 12.1. The monoisotopic (exact) mass is 359 g/mol. The van der Waals surface area contributed by atoms with E-state index in [-0.39, 0.29) is 11.9 Å². The molecule has 1 aliphatic rings. The zero-order valence-corrected chi connectivity index (χ0v) is 15.0. The topological polar surface area (TPSA) is 47.6 Å². The lowest BCUT2D eigenvalue weighted by atomic mass is 10.0. The van der Waals surface area contributed by atoms with E-state index in [1.54, 1.807) is 6.07 Å². The van der Waals surface area contributed by atoms with Gasteiger partial charge in [-0.1, -0.05) is 29.8 Å². The fourth-order valence-corrected chi connectivity index (χ4v) is 3.10. The van der Waals surface area contributed by atoms with E-state index < -0.39 is 0 Å². The quantitative estimate of drug-likeness (QED) is 0.775. The van der Waals surface area contributed by atoms with Crippen molar-refractivity contribution < 1.29 is 14.3 Å². The summed E-state index contributed by atoms with van der Waals surface area (Å²) in [6, 6.07) is 13.3. The van der Waals surface area contributed by atoms with E-state index >= 15 is 0 Å². The largest absolute Gasteiger partial charge is 0.493 e. The Morgan fingerprint density at radius 1 is 1.32 bits per heavy atom. The van der Waals surface area contributed by atoms with Crippen LogP contribution in [0.15, 0.2) is 42.5 Å². The molecule has 1 atom stereocenters. The van der Waals surface area contributed by atoms with Gasteiger partial charge in [-0.05, 0) is 43.2 Å². The Bertz CT molecular complexity index is 747. The van der Waals surface area contributed by atoms with Gasteiger partial charge in [0.05, 0.1) is 19.3 Å². The summed E-state index contributed by atoms with van der Waals surface area (Å²) in [7, 11) is 0. The number of hydrogen-bond acceptors (Lipinski definition) is 3. The number of para-hydroxylation sites is 1. The molecule has 2 aromatic rings. The summed E-state index contributed by atoms with van der Waals surface area (Å²) in [6.45, 7) is 3.13. The molecular weight excluding hydrogens is 338 g/mol. The van der Waals surface area contributed by atoms with Crippen LogP contribution in [0.5, 0.6) is 11.5 Å². The lowest BCUT2D eigenvalue weighted by Gasteiger charge is -2.27. The molecule has 2 aromatic carbocycles. The number of amides is 1. The van der Waals surface area contributed by atoms with E-state index in [4.69, 9.17) is 21.1 Å². The van der Waals surface area contributed by atoms with Crippen molar-refractivity contribution in [3.63, 3.8) is 0 Å². The number of carbonyl (C=O) groups is 1. The van der Waals surface area contributed by atoms with Gasteiger partial charge in [-0.25, -0.2) is 0 Å². The van der Waals surface area contributed by atoms with Crippen LogP contribution in [0.25, 0.3) is 0 Å². The minimum atomic E-state index is -0.0489. The van der Waals surface area contributed by atoms with E-state index in [1.165, 1.54) is 0 Å². The molecule has 0 bridgehead atoms. The molecule has 1 N–H and O–H groups in total. The number of ether oxygens (including phenoxy) is 2. The predicted octanol–water partition coefficient (Wildman–Crippen LogP) is 4.45. The van der Waals surface area contributed by atoms with Crippen molar-refractivity contribution in [3.05, 3.63) is 58.6 Å². The van der Waals surface area contributed by atoms with Crippen molar-refractivity contribution in [3.8, 4) is 11.5 Å². The summed E-state index contributed by atoms with van der Waals surface area (Å²) in [5, 5.41) is 3.73. The van der Waals surface area contributed by atoms with Gasteiger partial charge in [0.2, 0.25) is 5.91 Å². The molecule has 1 aliphatic heterocycles. The van der Waals surface area contributed by atoms with Gasteiger partial charge in [-0.2, -0.15) is 0 Å². The molecule has 0 aromatic heterocycles. The summed E-state index contributed by atoms with van der Waals surface area (Å²) in [6.07, 6.45) is 1.85. The molecule has 25 heavy (non-hydrogen) atoms. The second-order valence-electron chi connectivity index (χ2n) is 6.16. The van der Waals surface area contributed by atoms with Crippen LogP contribution < -0.4 is 14.8 Å². The lowest BCUT2D eigenvalue weighted by Crippen LogP contribution is -2.32. The van der Waals surface area contributed by atoms with Crippen LogP contribution in [-0.4, -0.2) is 19.1 Å². The Labute approximate surface area is 153 Å². The molecule has 1 amide bonds. The normalized spacial score (nSPS) is 15.8. The molecule has 1 heterocycles. The van der Waals surface area contributed by atoms with Gasteiger partial charge in [0.1, 0.15) is 11.5 Å². The van der Waals surface area contributed by atoms with Gasteiger partial charge in [-0.3, -0.25) is 4.79 Å². The fraction of sp³-hybridized carbons (Fsp3) is 0.350. The highest BCUT2D eigenvalue weighted by Gasteiger charge is 2.23. The third-order valence-corrected chi connectivity index (χ3v) is 4.48. The Kier molecular flexibility index (Phi) is 5.82. The van der Waals surface area contributed by atoms with Crippen molar-refractivity contribution in [1.29, 1.82) is 0 Å². The maximum atomic E-state index is 12.2. The first kappa shape index (κ1) is 17.6. The number of hydrogen-bond donors (Lipinski definition) is 1. The van der Waals surface area contributed by atoms with E-state index in [0.717, 1.165) is 29.0 Å². The molecule has 5 heteroatoms. The molecular formula is C20H22ClNO3. The Hall–Kier alpha value is -2.20. The number of benzene rings is 2. The van der Waals surface area contributed by atoms with Crippen LogP contribution in [0.3, 0.4) is 0 Å². The van der Waals surface area contributed by atoms with Crippen LogP contribution in [0.1, 0.15) is 36.4 Å². The Morgan fingerprint density at radius 2 is 2.16 bits per heavy atom. The summed E-state index contributed by atoms with van der Waals surface area (Å²) in [5.74, 6) is 1.69. The minimum Gasteiger partial charge on any atom is -0.493 e. The Balaban J connectivity index is 1.47. The highest BCUT2D eigenvalue weighted by molar-refractivity contribution is 6.30. The summed E-state index contributed by atoms with van der Waals surface area (Å²) < 4.78 is 11.4. The third kappa shape index (κ3) is 4.67. The average molecular weight is 360 g/mol. The summed E-state index contributed by atoms with van der Waals surface area (Å²) in [4.78, 5) is 12.2. The fourth-order valence-electron chi connectivity index (χ4n) is 2.91. The number of halogens is 1. The van der Waals surface area contributed by atoms with Crippen molar-refractivity contribution >= 4 is 17.5 Å². The van der Waals surface area contributed by atoms with Gasteiger partial charge in [0.15, 0.2) is 0 Å². The zero-order chi connectivity index (χ0) is 17.6. The van der Waals surface area contributed by atoms with Gasteiger partial charge in [0.25, 0.3) is 0 Å². The van der Waals surface area contributed by atoms with E-state index in [0.29, 0.717) is 31.1 Å². The molecule has 0 saturated heterocycles. The maximum absolute atomic E-state index is 12.2. The lowest BCUT2D eigenvalue weighted by molar-refractivity contribution is -0.122. The van der Waals surface area contributed by atoms with Crippen molar-refractivity contribution in [2.45, 2.75) is 32.2 Å². The van der Waals surface area contributed by atoms with Crippen molar-refractivity contribution in [2.24, 2.45) is 0 Å². The highest BCUT2D eigenvalue weighted by Crippen LogP contribution is 2.34. The molecule has 4 nitrogen and oxygen atoms in total. The molecule has 0 radical (unpaired) electrons. The van der Waals surface area contributed by atoms with Crippen molar-refractivity contribution in [2.75, 3.05) is 13.2 Å². The first-order valence-electron chi connectivity index (χ1n) is 8.53. The maximum Gasteiger partial charge on any atom is 0.220 e. The van der Waals surface area contributed by atoms with Crippen LogP contribution in [0.4, 0.5) is 0 Å². The highest BCUT2D eigenvalue weighted by atomic mass is 35.5. The number of nitrogens with one attached hydrogen (secondary N) is 1. The molecule has 0 saturated carbocycles. The first-order valence-corrected chi connectivity index (χ1v) is 8.91. The average Bonchev–Trinajstić information content (AvgIpc) is 2.61. The molecule has 0 fully saturated rings. The van der Waals surface area contributed by atoms with Gasteiger partial charge in [-0.15, -0.1) is 0 Å². The van der Waals surface area contributed by atoms with E-state index in [2.05, 4.69) is 5.32 Å².